The fourth-order valence-corrected chi connectivity index (χ4v) is 4.10. The van der Waals surface area contributed by atoms with Crippen LogP contribution in [0.1, 0.15) is 40.1 Å². The Morgan fingerprint density at radius 2 is 2.11 bits per heavy atom. The quantitative estimate of drug-likeness (QED) is 0.629. The van der Waals surface area contributed by atoms with Gasteiger partial charge in [-0.2, -0.15) is 0 Å². The van der Waals surface area contributed by atoms with Gasteiger partial charge in [0.15, 0.2) is 0 Å². The molecule has 0 saturated heterocycles. The summed E-state index contributed by atoms with van der Waals surface area (Å²) in [4.78, 5) is 22.2. The minimum atomic E-state index is -0.0849. The molecule has 0 saturated carbocycles. The van der Waals surface area contributed by atoms with E-state index in [0.29, 0.717) is 11.4 Å². The number of benzene rings is 1. The molecule has 0 radical (unpaired) electrons. The van der Waals surface area contributed by atoms with Gasteiger partial charge < -0.3 is 11.1 Å². The summed E-state index contributed by atoms with van der Waals surface area (Å²) in [5, 5.41) is 3.78. The van der Waals surface area contributed by atoms with Crippen molar-refractivity contribution < 1.29 is 4.79 Å². The maximum absolute atomic E-state index is 12.6. The van der Waals surface area contributed by atoms with Crippen LogP contribution in [0.3, 0.4) is 0 Å². The van der Waals surface area contributed by atoms with Gasteiger partial charge in [0.1, 0.15) is 0 Å². The van der Waals surface area contributed by atoms with Crippen LogP contribution >= 0.6 is 22.9 Å². The van der Waals surface area contributed by atoms with Crippen LogP contribution < -0.4 is 11.1 Å². The highest BCUT2D eigenvalue weighted by Gasteiger charge is 2.16. The molecule has 140 valence electrons. The number of hydrogen-bond donors (Lipinski definition) is 2. The van der Waals surface area contributed by atoms with E-state index >= 15 is 0 Å². The molecule has 27 heavy (non-hydrogen) atoms. The third-order valence-corrected chi connectivity index (χ3v) is 5.77. The van der Waals surface area contributed by atoms with Crippen LogP contribution in [0.5, 0.6) is 0 Å². The molecule has 0 bridgehead atoms. The van der Waals surface area contributed by atoms with Gasteiger partial charge in [-0.05, 0) is 54.8 Å². The Labute approximate surface area is 167 Å². The van der Waals surface area contributed by atoms with Gasteiger partial charge in [0.25, 0.3) is 5.91 Å². The molecule has 7 heteroatoms. The lowest BCUT2D eigenvalue weighted by atomic mass is 9.92. The molecule has 0 fully saturated rings. The number of carbonyl (C=O) groups excluding carboxylic acids is 1. The minimum Gasteiger partial charge on any atom is -0.368 e. The summed E-state index contributed by atoms with van der Waals surface area (Å²) in [5.74, 6) is 0.377. The average molecular weight is 401 g/mol. The lowest BCUT2D eigenvalue weighted by molar-refractivity contribution is 0.0955. The average Bonchev–Trinajstić information content (AvgIpc) is 3.13. The summed E-state index contributed by atoms with van der Waals surface area (Å²) < 4.78 is 0. The molecule has 0 spiro atoms. The second-order valence-electron chi connectivity index (χ2n) is 6.28. The zero-order valence-electron chi connectivity index (χ0n) is 15.2. The molecule has 3 rings (SSSR count). The fraction of sp³-hybridized carbons (Fsp3) is 0.250. The predicted octanol–water partition coefficient (Wildman–Crippen LogP) is 4.67. The van der Waals surface area contributed by atoms with Crippen LogP contribution in [-0.2, 0) is 0 Å². The van der Waals surface area contributed by atoms with Gasteiger partial charge in [0.2, 0.25) is 5.95 Å². The smallest absolute Gasteiger partial charge is 0.261 e. The number of anilines is 1. The van der Waals surface area contributed by atoms with Crippen molar-refractivity contribution in [3.05, 3.63) is 63.6 Å². The van der Waals surface area contributed by atoms with Crippen LogP contribution in [0, 0.1) is 6.92 Å². The maximum atomic E-state index is 12.6. The van der Waals surface area contributed by atoms with Crippen LogP contribution in [0.15, 0.2) is 42.6 Å². The van der Waals surface area contributed by atoms with Gasteiger partial charge in [0, 0.05) is 23.7 Å². The van der Waals surface area contributed by atoms with Gasteiger partial charge in [-0.3, -0.25) is 4.79 Å². The summed E-state index contributed by atoms with van der Waals surface area (Å²) in [7, 11) is 0. The zero-order chi connectivity index (χ0) is 19.4. The molecule has 2 aromatic heterocycles. The molecule has 1 aromatic carbocycles. The van der Waals surface area contributed by atoms with E-state index in [9.17, 15) is 4.79 Å². The van der Waals surface area contributed by atoms with Crippen molar-refractivity contribution in [2.45, 2.75) is 26.2 Å². The van der Waals surface area contributed by atoms with Crippen molar-refractivity contribution in [3.63, 3.8) is 0 Å². The van der Waals surface area contributed by atoms with Gasteiger partial charge in [0.05, 0.1) is 15.4 Å². The lowest BCUT2D eigenvalue weighted by Crippen LogP contribution is -2.27. The van der Waals surface area contributed by atoms with Gasteiger partial charge in [-0.25, -0.2) is 9.97 Å². The molecule has 0 aliphatic heterocycles. The highest BCUT2D eigenvalue weighted by molar-refractivity contribution is 7.17. The standard InChI is InChI=1S/C20H21ClN4OS/c1-3-13(15-5-4-14(21)10-12(15)2)11-24-19(26)18-7-6-17(27-18)16-8-9-23-20(22)25-16/h4-10,13H,3,11H2,1-2H3,(H,24,26)(H2,22,23,25). The highest BCUT2D eigenvalue weighted by Crippen LogP contribution is 2.28. The number of nitrogens with two attached hydrogens (primary N) is 1. The van der Waals surface area contributed by atoms with Gasteiger partial charge in [-0.15, -0.1) is 11.3 Å². The van der Waals surface area contributed by atoms with Crippen molar-refractivity contribution in [1.82, 2.24) is 15.3 Å². The third kappa shape index (κ3) is 4.64. The number of hydrogen-bond acceptors (Lipinski definition) is 5. The molecule has 2 heterocycles. The van der Waals surface area contributed by atoms with E-state index in [2.05, 4.69) is 22.2 Å². The third-order valence-electron chi connectivity index (χ3n) is 4.43. The van der Waals surface area contributed by atoms with Crippen molar-refractivity contribution in [2.24, 2.45) is 0 Å². The van der Waals surface area contributed by atoms with Crippen molar-refractivity contribution >= 4 is 34.8 Å². The van der Waals surface area contributed by atoms with Crippen molar-refractivity contribution in [3.8, 4) is 10.6 Å². The number of aryl methyl sites for hydroxylation is 1. The summed E-state index contributed by atoms with van der Waals surface area (Å²) >= 11 is 7.44. The molecular formula is C20H21ClN4OS. The molecule has 1 atom stereocenters. The van der Waals surface area contributed by atoms with Crippen LogP contribution in [0.25, 0.3) is 10.6 Å². The first-order valence-corrected chi connectivity index (χ1v) is 9.90. The maximum Gasteiger partial charge on any atom is 0.261 e. The largest absolute Gasteiger partial charge is 0.368 e. The SMILES string of the molecule is CCC(CNC(=O)c1ccc(-c2ccnc(N)n2)s1)c1ccc(Cl)cc1C. The molecule has 3 N–H and O–H groups in total. The Bertz CT molecular complexity index is 957. The van der Waals surface area contributed by atoms with Crippen LogP contribution in [-0.4, -0.2) is 22.4 Å². The van der Waals surface area contributed by atoms with Crippen LogP contribution in [0.2, 0.25) is 5.02 Å². The van der Waals surface area contributed by atoms with E-state index < -0.39 is 0 Å². The van der Waals surface area contributed by atoms with E-state index in [4.69, 9.17) is 17.3 Å². The molecule has 5 nitrogen and oxygen atoms in total. The normalized spacial score (nSPS) is 12.0. The monoisotopic (exact) mass is 400 g/mol. The predicted molar refractivity (Wildman–Crippen MR) is 111 cm³/mol. The Morgan fingerprint density at radius 1 is 1.30 bits per heavy atom. The molecule has 0 aliphatic rings. The first kappa shape index (κ1) is 19.3. The first-order chi connectivity index (χ1) is 13.0. The van der Waals surface area contributed by atoms with E-state index in [1.54, 1.807) is 12.3 Å². The summed E-state index contributed by atoms with van der Waals surface area (Å²) in [6, 6.07) is 11.4. The topological polar surface area (TPSA) is 80.9 Å². The van der Waals surface area contributed by atoms with Crippen molar-refractivity contribution in [1.29, 1.82) is 0 Å². The molecule has 1 unspecified atom stereocenters. The van der Waals surface area contributed by atoms with Crippen LogP contribution in [0.4, 0.5) is 5.95 Å². The molecule has 0 aliphatic carbocycles. The fourth-order valence-electron chi connectivity index (χ4n) is 2.98. The minimum absolute atomic E-state index is 0.0849. The number of nitrogen functional groups attached to an aromatic ring is 1. The number of nitrogens with one attached hydrogen (secondary N) is 1. The Morgan fingerprint density at radius 3 is 2.81 bits per heavy atom. The first-order valence-electron chi connectivity index (χ1n) is 8.71. The van der Waals surface area contributed by atoms with E-state index in [0.717, 1.165) is 27.6 Å². The highest BCUT2D eigenvalue weighted by atomic mass is 35.5. The number of halogens is 1. The molecular weight excluding hydrogens is 380 g/mol. The van der Waals surface area contributed by atoms with E-state index in [-0.39, 0.29) is 17.8 Å². The number of rotatable bonds is 6. The number of aromatic nitrogens is 2. The Kier molecular flexibility index (Phi) is 6.08. The summed E-state index contributed by atoms with van der Waals surface area (Å²) in [5.41, 5.74) is 8.70. The van der Waals surface area contributed by atoms with Gasteiger partial charge in [-0.1, -0.05) is 24.6 Å². The number of carbonyl (C=O) groups is 1. The number of thiophene rings is 1. The summed E-state index contributed by atoms with van der Waals surface area (Å²) in [6.07, 6.45) is 2.54. The zero-order valence-corrected chi connectivity index (χ0v) is 16.8. The van der Waals surface area contributed by atoms with E-state index in [1.807, 2.05) is 37.3 Å². The van der Waals surface area contributed by atoms with E-state index in [1.165, 1.54) is 16.9 Å². The number of nitrogens with zero attached hydrogens (tertiary/aromatic N) is 2. The lowest BCUT2D eigenvalue weighted by Gasteiger charge is -2.18. The Balaban J connectivity index is 1.68. The second-order valence-corrected chi connectivity index (χ2v) is 7.80. The van der Waals surface area contributed by atoms with Crippen molar-refractivity contribution in [2.75, 3.05) is 12.3 Å². The second kappa shape index (κ2) is 8.50. The molecule has 3 aromatic rings. The summed E-state index contributed by atoms with van der Waals surface area (Å²) in [6.45, 7) is 4.74. The van der Waals surface area contributed by atoms with Gasteiger partial charge >= 0.3 is 0 Å². The molecule has 1 amide bonds. The Hall–Kier alpha value is -2.44. The number of amides is 1.